The van der Waals surface area contributed by atoms with Crippen LogP contribution in [0.5, 0.6) is 0 Å². The molecule has 8 heteroatoms. The number of hydrogen-bond donors (Lipinski definition) is 2. The van der Waals surface area contributed by atoms with E-state index in [0.717, 1.165) is 20.3 Å². The van der Waals surface area contributed by atoms with Gasteiger partial charge in [0.05, 0.1) is 5.69 Å². The standard InChI is InChI=1S/C12H17N3O2S3/c1-7-8(2)19-12(14-7)15-20(16,17)11-5-10(6-13-4)18-9(11)3/h5,13H,6H2,1-4H3,(H,14,15). The van der Waals surface area contributed by atoms with Gasteiger partial charge in [0.25, 0.3) is 10.0 Å². The fourth-order valence-corrected chi connectivity index (χ4v) is 5.44. The number of thiazole rings is 1. The molecule has 2 aromatic heterocycles. The van der Waals surface area contributed by atoms with Gasteiger partial charge in [0.15, 0.2) is 5.13 Å². The first kappa shape index (κ1) is 15.4. The van der Waals surface area contributed by atoms with E-state index in [0.29, 0.717) is 16.6 Å². The van der Waals surface area contributed by atoms with Crippen molar-refractivity contribution < 1.29 is 8.42 Å². The average molecular weight is 331 g/mol. The van der Waals surface area contributed by atoms with Crippen LogP contribution in [0.4, 0.5) is 5.13 Å². The predicted molar refractivity (Wildman–Crippen MR) is 84.2 cm³/mol. The summed E-state index contributed by atoms with van der Waals surface area (Å²) in [4.78, 5) is 7.34. The lowest BCUT2D eigenvalue weighted by molar-refractivity contribution is 0.601. The third-order valence-electron chi connectivity index (χ3n) is 2.81. The quantitative estimate of drug-likeness (QED) is 0.883. The number of anilines is 1. The zero-order chi connectivity index (χ0) is 14.9. The molecule has 110 valence electrons. The Hall–Kier alpha value is -0.960. The zero-order valence-corrected chi connectivity index (χ0v) is 14.2. The number of nitrogens with zero attached hydrogens (tertiary/aromatic N) is 1. The van der Waals surface area contributed by atoms with Crippen molar-refractivity contribution >= 4 is 37.8 Å². The molecule has 0 radical (unpaired) electrons. The summed E-state index contributed by atoms with van der Waals surface area (Å²) in [5.41, 5.74) is 0.852. The molecule has 0 aliphatic heterocycles. The summed E-state index contributed by atoms with van der Waals surface area (Å²) >= 11 is 2.83. The highest BCUT2D eigenvalue weighted by atomic mass is 32.2. The highest BCUT2D eigenvalue weighted by Crippen LogP contribution is 2.29. The second-order valence-corrected chi connectivity index (χ2v) is 8.62. The minimum absolute atomic E-state index is 0.332. The van der Waals surface area contributed by atoms with Gasteiger partial charge in [-0.05, 0) is 33.9 Å². The van der Waals surface area contributed by atoms with Crippen molar-refractivity contribution in [2.24, 2.45) is 0 Å². The van der Waals surface area contributed by atoms with E-state index in [2.05, 4.69) is 15.0 Å². The molecule has 0 saturated carbocycles. The molecule has 2 heterocycles. The van der Waals surface area contributed by atoms with Gasteiger partial charge in [0.1, 0.15) is 4.90 Å². The van der Waals surface area contributed by atoms with E-state index < -0.39 is 10.0 Å². The van der Waals surface area contributed by atoms with E-state index in [1.165, 1.54) is 22.7 Å². The molecule has 2 N–H and O–H groups in total. The Bertz CT molecular complexity index is 697. The molecule has 0 unspecified atom stereocenters. The molecule has 0 amide bonds. The number of thiophene rings is 1. The summed E-state index contributed by atoms with van der Waals surface area (Å²) in [5.74, 6) is 0. The number of hydrogen-bond acceptors (Lipinski definition) is 6. The summed E-state index contributed by atoms with van der Waals surface area (Å²) in [6, 6.07) is 1.71. The van der Waals surface area contributed by atoms with Gasteiger partial charge in [-0.2, -0.15) is 0 Å². The van der Waals surface area contributed by atoms with Crippen LogP contribution >= 0.6 is 22.7 Å². The third kappa shape index (κ3) is 3.20. The maximum Gasteiger partial charge on any atom is 0.264 e. The van der Waals surface area contributed by atoms with Crippen molar-refractivity contribution in [3.63, 3.8) is 0 Å². The summed E-state index contributed by atoms with van der Waals surface area (Å²) in [5, 5.41) is 3.44. The first-order valence-electron chi connectivity index (χ1n) is 6.04. The van der Waals surface area contributed by atoms with E-state index in [1.54, 1.807) is 6.07 Å². The molecule has 2 rings (SSSR count). The number of aryl methyl sites for hydroxylation is 3. The fourth-order valence-electron chi connectivity index (χ4n) is 1.74. The van der Waals surface area contributed by atoms with Crippen molar-refractivity contribution in [3.05, 3.63) is 26.4 Å². The maximum absolute atomic E-state index is 12.4. The van der Waals surface area contributed by atoms with Crippen molar-refractivity contribution in [1.29, 1.82) is 0 Å². The number of aromatic nitrogens is 1. The molecular formula is C12H17N3O2S3. The molecule has 0 spiro atoms. The Labute approximate surface area is 127 Å². The van der Waals surface area contributed by atoms with Crippen LogP contribution in [0.25, 0.3) is 0 Å². The average Bonchev–Trinajstić information content (AvgIpc) is 2.83. The van der Waals surface area contributed by atoms with Gasteiger partial charge >= 0.3 is 0 Å². The number of sulfonamides is 1. The molecule has 0 saturated heterocycles. The first-order chi connectivity index (χ1) is 9.33. The van der Waals surface area contributed by atoms with Crippen LogP contribution in [-0.2, 0) is 16.6 Å². The van der Waals surface area contributed by atoms with E-state index in [-0.39, 0.29) is 0 Å². The molecular weight excluding hydrogens is 314 g/mol. The molecule has 5 nitrogen and oxygen atoms in total. The van der Waals surface area contributed by atoms with E-state index in [1.807, 2.05) is 27.8 Å². The summed E-state index contributed by atoms with van der Waals surface area (Å²) in [7, 11) is -1.73. The number of nitrogens with one attached hydrogen (secondary N) is 2. The number of rotatable bonds is 5. The highest BCUT2D eigenvalue weighted by Gasteiger charge is 2.21. The Morgan fingerprint density at radius 1 is 1.20 bits per heavy atom. The van der Waals surface area contributed by atoms with Gasteiger partial charge in [0, 0.05) is 21.2 Å². The monoisotopic (exact) mass is 331 g/mol. The normalized spacial score (nSPS) is 11.8. The van der Waals surface area contributed by atoms with Crippen LogP contribution in [0.1, 0.15) is 20.3 Å². The second kappa shape index (κ2) is 5.80. The van der Waals surface area contributed by atoms with Crippen molar-refractivity contribution in [2.75, 3.05) is 11.8 Å². The molecule has 0 atom stereocenters. The Morgan fingerprint density at radius 3 is 2.45 bits per heavy atom. The molecule has 0 aromatic carbocycles. The third-order valence-corrected chi connectivity index (χ3v) is 6.58. The van der Waals surface area contributed by atoms with Gasteiger partial charge in [0.2, 0.25) is 0 Å². The lowest BCUT2D eigenvalue weighted by Crippen LogP contribution is -2.13. The second-order valence-electron chi connectivity index (χ2n) is 4.43. The molecule has 2 aromatic rings. The van der Waals surface area contributed by atoms with Crippen LogP contribution in [0.2, 0.25) is 0 Å². The highest BCUT2D eigenvalue weighted by molar-refractivity contribution is 7.93. The minimum atomic E-state index is -3.56. The van der Waals surface area contributed by atoms with E-state index >= 15 is 0 Å². The van der Waals surface area contributed by atoms with Crippen molar-refractivity contribution in [3.8, 4) is 0 Å². The van der Waals surface area contributed by atoms with Gasteiger partial charge in [-0.1, -0.05) is 0 Å². The lowest BCUT2D eigenvalue weighted by Gasteiger charge is -2.03. The van der Waals surface area contributed by atoms with Crippen molar-refractivity contribution in [2.45, 2.75) is 32.2 Å². The minimum Gasteiger partial charge on any atom is -0.315 e. The predicted octanol–water partition coefficient (Wildman–Crippen LogP) is 2.65. The fraction of sp³-hybridized carbons (Fsp3) is 0.417. The SMILES string of the molecule is CNCc1cc(S(=O)(=O)Nc2nc(C)c(C)s2)c(C)s1. The van der Waals surface area contributed by atoms with Crippen LogP contribution in [0, 0.1) is 20.8 Å². The largest absolute Gasteiger partial charge is 0.315 e. The molecule has 0 aliphatic carbocycles. The van der Waals surface area contributed by atoms with Crippen LogP contribution in [0.15, 0.2) is 11.0 Å². The van der Waals surface area contributed by atoms with Crippen LogP contribution in [-0.4, -0.2) is 20.4 Å². The van der Waals surface area contributed by atoms with Gasteiger partial charge in [-0.15, -0.1) is 22.7 Å². The smallest absolute Gasteiger partial charge is 0.264 e. The van der Waals surface area contributed by atoms with E-state index in [9.17, 15) is 8.42 Å². The van der Waals surface area contributed by atoms with E-state index in [4.69, 9.17) is 0 Å². The van der Waals surface area contributed by atoms with Crippen LogP contribution < -0.4 is 10.0 Å². The molecule has 20 heavy (non-hydrogen) atoms. The van der Waals surface area contributed by atoms with Crippen molar-refractivity contribution in [1.82, 2.24) is 10.3 Å². The summed E-state index contributed by atoms with van der Waals surface area (Å²) in [6.45, 7) is 6.27. The lowest BCUT2D eigenvalue weighted by atomic mass is 10.4. The Kier molecular flexibility index (Phi) is 4.48. The topological polar surface area (TPSA) is 71.1 Å². The van der Waals surface area contributed by atoms with Gasteiger partial charge in [-0.3, -0.25) is 4.72 Å². The van der Waals surface area contributed by atoms with Gasteiger partial charge < -0.3 is 5.32 Å². The first-order valence-corrected chi connectivity index (χ1v) is 9.16. The zero-order valence-electron chi connectivity index (χ0n) is 11.8. The Balaban J connectivity index is 2.30. The van der Waals surface area contributed by atoms with Gasteiger partial charge in [-0.25, -0.2) is 13.4 Å². The molecule has 0 bridgehead atoms. The molecule has 0 fully saturated rings. The maximum atomic E-state index is 12.4. The summed E-state index contributed by atoms with van der Waals surface area (Å²) in [6.07, 6.45) is 0. The Morgan fingerprint density at radius 2 is 1.90 bits per heavy atom. The molecule has 0 aliphatic rings. The summed E-state index contributed by atoms with van der Waals surface area (Å²) < 4.78 is 27.4. The van der Waals surface area contributed by atoms with Crippen LogP contribution in [0.3, 0.4) is 0 Å².